The van der Waals surface area contributed by atoms with Crippen LogP contribution in [0.4, 0.5) is 0 Å². The molecule has 0 bridgehead atoms. The highest BCUT2D eigenvalue weighted by atomic mass is 32.2. The first-order valence-electron chi connectivity index (χ1n) is 6.82. The lowest BCUT2D eigenvalue weighted by atomic mass is 9.87. The van der Waals surface area contributed by atoms with Gasteiger partial charge in [0.25, 0.3) is 0 Å². The van der Waals surface area contributed by atoms with Crippen LogP contribution in [-0.2, 0) is 10.0 Å². The molecular weight excluding hydrogens is 264 g/mol. The van der Waals surface area contributed by atoms with Crippen molar-refractivity contribution >= 4 is 16.0 Å². The molecule has 0 saturated heterocycles. The molecule has 0 aromatic heterocycles. The van der Waals surface area contributed by atoms with Crippen LogP contribution in [0.15, 0.2) is 4.99 Å². The molecule has 2 atom stereocenters. The quantitative estimate of drug-likeness (QED) is 0.386. The molecule has 1 saturated carbocycles. The second-order valence-corrected chi connectivity index (χ2v) is 7.11. The summed E-state index contributed by atoms with van der Waals surface area (Å²) in [7, 11) is -1.39. The maximum atomic E-state index is 10.9. The van der Waals surface area contributed by atoms with Gasteiger partial charge in [0, 0.05) is 26.2 Å². The highest BCUT2D eigenvalue weighted by Crippen LogP contribution is 2.23. The van der Waals surface area contributed by atoms with Crippen molar-refractivity contribution in [2.24, 2.45) is 10.9 Å². The molecular formula is C12H26N4O2S. The van der Waals surface area contributed by atoms with E-state index in [4.69, 9.17) is 0 Å². The van der Waals surface area contributed by atoms with Gasteiger partial charge in [-0.1, -0.05) is 19.8 Å². The summed E-state index contributed by atoms with van der Waals surface area (Å²) < 4.78 is 24.3. The maximum absolute atomic E-state index is 10.9. The van der Waals surface area contributed by atoms with Crippen LogP contribution in [0.25, 0.3) is 0 Å². The molecule has 19 heavy (non-hydrogen) atoms. The third-order valence-electron chi connectivity index (χ3n) is 3.28. The zero-order chi connectivity index (χ0) is 14.3. The maximum Gasteiger partial charge on any atom is 0.208 e. The highest BCUT2D eigenvalue weighted by molar-refractivity contribution is 7.88. The number of guanidine groups is 1. The van der Waals surface area contributed by atoms with Gasteiger partial charge in [-0.15, -0.1) is 0 Å². The van der Waals surface area contributed by atoms with Crippen LogP contribution in [0.3, 0.4) is 0 Å². The van der Waals surface area contributed by atoms with E-state index in [9.17, 15) is 8.42 Å². The molecule has 6 nitrogen and oxygen atoms in total. The summed E-state index contributed by atoms with van der Waals surface area (Å²) in [5.41, 5.74) is 0. The van der Waals surface area contributed by atoms with Gasteiger partial charge in [-0.25, -0.2) is 13.1 Å². The number of rotatable bonds is 5. The first-order chi connectivity index (χ1) is 8.90. The van der Waals surface area contributed by atoms with Crippen molar-refractivity contribution in [1.82, 2.24) is 15.4 Å². The SMILES string of the molecule is CN=C(NCCNS(C)(=O)=O)NC1CCCC(C)C1. The Bertz CT molecular complexity index is 395. The Labute approximate surface area is 116 Å². The van der Waals surface area contributed by atoms with Gasteiger partial charge >= 0.3 is 0 Å². The van der Waals surface area contributed by atoms with Crippen LogP contribution >= 0.6 is 0 Å². The van der Waals surface area contributed by atoms with E-state index in [2.05, 4.69) is 27.3 Å². The van der Waals surface area contributed by atoms with E-state index >= 15 is 0 Å². The second-order valence-electron chi connectivity index (χ2n) is 5.28. The number of sulfonamides is 1. The van der Waals surface area contributed by atoms with Gasteiger partial charge in [-0.3, -0.25) is 4.99 Å². The second kappa shape index (κ2) is 7.69. The molecule has 1 fully saturated rings. The van der Waals surface area contributed by atoms with E-state index in [0.29, 0.717) is 19.1 Å². The Morgan fingerprint density at radius 2 is 2.05 bits per heavy atom. The van der Waals surface area contributed by atoms with E-state index in [-0.39, 0.29) is 0 Å². The number of hydrogen-bond acceptors (Lipinski definition) is 3. The van der Waals surface area contributed by atoms with E-state index in [1.165, 1.54) is 25.7 Å². The van der Waals surface area contributed by atoms with Crippen molar-refractivity contribution < 1.29 is 8.42 Å². The Morgan fingerprint density at radius 3 is 2.63 bits per heavy atom. The van der Waals surface area contributed by atoms with E-state index < -0.39 is 10.0 Å². The van der Waals surface area contributed by atoms with Gasteiger partial charge in [0.15, 0.2) is 5.96 Å². The molecule has 1 aliphatic rings. The Kier molecular flexibility index (Phi) is 6.57. The average molecular weight is 290 g/mol. The zero-order valence-electron chi connectivity index (χ0n) is 12.1. The monoisotopic (exact) mass is 290 g/mol. The normalized spacial score (nSPS) is 25.1. The van der Waals surface area contributed by atoms with Crippen molar-refractivity contribution in [3.63, 3.8) is 0 Å². The molecule has 0 aromatic carbocycles. The molecule has 3 N–H and O–H groups in total. The van der Waals surface area contributed by atoms with E-state index in [1.807, 2.05) is 0 Å². The first kappa shape index (κ1) is 16.2. The van der Waals surface area contributed by atoms with E-state index in [1.54, 1.807) is 7.05 Å². The van der Waals surface area contributed by atoms with Crippen molar-refractivity contribution in [1.29, 1.82) is 0 Å². The summed E-state index contributed by atoms with van der Waals surface area (Å²) in [5.74, 6) is 1.51. The molecule has 7 heteroatoms. The number of hydrogen-bond donors (Lipinski definition) is 3. The molecule has 0 aliphatic heterocycles. The number of nitrogens with one attached hydrogen (secondary N) is 3. The molecule has 1 aliphatic carbocycles. The standard InChI is InChI=1S/C12H26N4O2S/c1-10-5-4-6-11(9-10)16-12(13-2)14-7-8-15-19(3,17)18/h10-11,15H,4-9H2,1-3H3,(H2,13,14,16). The Hall–Kier alpha value is -0.820. The summed E-state index contributed by atoms with van der Waals surface area (Å²) in [4.78, 5) is 4.16. The molecule has 1 rings (SSSR count). The molecule has 0 spiro atoms. The predicted octanol–water partition coefficient (Wildman–Crippen LogP) is 0.279. The third kappa shape index (κ3) is 7.37. The number of nitrogens with zero attached hydrogens (tertiary/aromatic N) is 1. The minimum absolute atomic E-state index is 0.362. The van der Waals surface area contributed by atoms with Crippen molar-refractivity contribution in [3.05, 3.63) is 0 Å². The van der Waals surface area contributed by atoms with Crippen LogP contribution in [0, 0.1) is 5.92 Å². The van der Waals surface area contributed by atoms with Gasteiger partial charge in [-0.05, 0) is 18.8 Å². The fourth-order valence-corrected chi connectivity index (χ4v) is 2.84. The van der Waals surface area contributed by atoms with Gasteiger partial charge in [-0.2, -0.15) is 0 Å². The Morgan fingerprint density at radius 1 is 1.32 bits per heavy atom. The number of aliphatic imine (C=N–C) groups is 1. The summed E-state index contributed by atoms with van der Waals surface area (Å²) >= 11 is 0. The fourth-order valence-electron chi connectivity index (χ4n) is 2.37. The summed E-state index contributed by atoms with van der Waals surface area (Å²) in [6.07, 6.45) is 6.06. The zero-order valence-corrected chi connectivity index (χ0v) is 12.9. The van der Waals surface area contributed by atoms with Gasteiger partial charge in [0.2, 0.25) is 10.0 Å². The molecule has 112 valence electrons. The lowest BCUT2D eigenvalue weighted by molar-refractivity contribution is 0.324. The summed E-state index contributed by atoms with van der Waals surface area (Å²) in [6, 6.07) is 0.470. The van der Waals surface area contributed by atoms with Crippen LogP contribution in [-0.4, -0.2) is 46.8 Å². The van der Waals surface area contributed by atoms with Crippen LogP contribution in [0.5, 0.6) is 0 Å². The minimum atomic E-state index is -3.11. The van der Waals surface area contributed by atoms with Gasteiger partial charge < -0.3 is 10.6 Å². The molecule has 0 aromatic rings. The highest BCUT2D eigenvalue weighted by Gasteiger charge is 2.19. The van der Waals surface area contributed by atoms with Gasteiger partial charge in [0.05, 0.1) is 6.26 Å². The van der Waals surface area contributed by atoms with Crippen molar-refractivity contribution in [2.45, 2.75) is 38.6 Å². The lowest BCUT2D eigenvalue weighted by Crippen LogP contribution is -2.46. The van der Waals surface area contributed by atoms with Crippen LogP contribution in [0.2, 0.25) is 0 Å². The molecule has 0 heterocycles. The van der Waals surface area contributed by atoms with Crippen molar-refractivity contribution in [2.75, 3.05) is 26.4 Å². The van der Waals surface area contributed by atoms with Crippen LogP contribution in [0.1, 0.15) is 32.6 Å². The van der Waals surface area contributed by atoms with E-state index in [0.717, 1.165) is 18.1 Å². The summed E-state index contributed by atoms with van der Waals surface area (Å²) in [5, 5.41) is 6.51. The molecule has 2 unspecified atom stereocenters. The predicted molar refractivity (Wildman–Crippen MR) is 78.8 cm³/mol. The third-order valence-corrected chi connectivity index (χ3v) is 4.01. The average Bonchev–Trinajstić information content (AvgIpc) is 2.32. The minimum Gasteiger partial charge on any atom is -0.355 e. The molecule has 0 radical (unpaired) electrons. The van der Waals surface area contributed by atoms with Crippen LogP contribution < -0.4 is 15.4 Å². The summed E-state index contributed by atoms with van der Waals surface area (Å²) in [6.45, 7) is 3.16. The lowest BCUT2D eigenvalue weighted by Gasteiger charge is -2.28. The van der Waals surface area contributed by atoms with Crippen molar-refractivity contribution in [3.8, 4) is 0 Å². The van der Waals surface area contributed by atoms with Gasteiger partial charge in [0.1, 0.15) is 0 Å². The topological polar surface area (TPSA) is 82.6 Å². The largest absolute Gasteiger partial charge is 0.355 e. The molecule has 0 amide bonds. The Balaban J connectivity index is 2.26. The first-order valence-corrected chi connectivity index (χ1v) is 8.71. The smallest absolute Gasteiger partial charge is 0.208 e. The fraction of sp³-hybridized carbons (Fsp3) is 0.917.